The SMILES string of the molecule is C/C=C/CCCCC[N+](C(C)C(=O)O)(C(C)C(=O)O)C(C)C(=O)O. The lowest BCUT2D eigenvalue weighted by molar-refractivity contribution is -0.968. The quantitative estimate of drug-likeness (QED) is 0.285. The molecule has 0 aromatic rings. The topological polar surface area (TPSA) is 112 Å². The first-order chi connectivity index (χ1) is 11.1. The van der Waals surface area contributed by atoms with Gasteiger partial charge < -0.3 is 15.3 Å². The highest BCUT2D eigenvalue weighted by Gasteiger charge is 2.52. The Kier molecular flexibility index (Phi) is 9.28. The van der Waals surface area contributed by atoms with Gasteiger partial charge in [-0.25, -0.2) is 14.4 Å². The van der Waals surface area contributed by atoms with Gasteiger partial charge in [-0.2, -0.15) is 0 Å². The monoisotopic (exact) mass is 344 g/mol. The van der Waals surface area contributed by atoms with Crippen molar-refractivity contribution in [2.75, 3.05) is 6.54 Å². The van der Waals surface area contributed by atoms with Crippen molar-refractivity contribution in [3.8, 4) is 0 Å². The molecule has 7 heteroatoms. The second-order valence-electron chi connectivity index (χ2n) is 6.18. The van der Waals surface area contributed by atoms with Gasteiger partial charge in [0.15, 0.2) is 18.1 Å². The number of allylic oxidation sites excluding steroid dienone is 2. The van der Waals surface area contributed by atoms with E-state index in [1.165, 1.54) is 20.8 Å². The largest absolute Gasteiger partial charge is 0.477 e. The normalized spacial score (nSPS) is 17.8. The summed E-state index contributed by atoms with van der Waals surface area (Å²) >= 11 is 0. The zero-order valence-corrected chi connectivity index (χ0v) is 14.9. The number of aliphatic carboxylic acids is 3. The predicted molar refractivity (Wildman–Crippen MR) is 89.7 cm³/mol. The van der Waals surface area contributed by atoms with Crippen molar-refractivity contribution in [1.82, 2.24) is 0 Å². The molecule has 0 aromatic carbocycles. The van der Waals surface area contributed by atoms with Gasteiger partial charge in [0, 0.05) is 0 Å². The number of nitrogens with zero attached hydrogens (tertiary/aromatic N) is 1. The highest BCUT2D eigenvalue weighted by atomic mass is 16.4. The minimum absolute atomic E-state index is 0.199. The van der Waals surface area contributed by atoms with Crippen molar-refractivity contribution in [3.05, 3.63) is 12.2 Å². The summed E-state index contributed by atoms with van der Waals surface area (Å²) in [4.78, 5) is 34.7. The molecular formula is C17H30NO6+. The Bertz CT molecular complexity index is 423. The molecule has 0 heterocycles. The summed E-state index contributed by atoms with van der Waals surface area (Å²) < 4.78 is -0.496. The summed E-state index contributed by atoms with van der Waals surface area (Å²) in [6, 6.07) is -3.38. The Balaban J connectivity index is 5.53. The first kappa shape index (κ1) is 22.1. The smallest absolute Gasteiger partial charge is 0.362 e. The number of carboxylic acid groups (broad SMARTS) is 3. The van der Waals surface area contributed by atoms with E-state index in [1.54, 1.807) is 0 Å². The van der Waals surface area contributed by atoms with Crippen molar-refractivity contribution in [3.63, 3.8) is 0 Å². The van der Waals surface area contributed by atoms with Crippen LogP contribution < -0.4 is 0 Å². The molecule has 0 aliphatic carbocycles. The van der Waals surface area contributed by atoms with Crippen molar-refractivity contribution >= 4 is 17.9 Å². The number of carboxylic acids is 3. The van der Waals surface area contributed by atoms with Crippen LogP contribution in [0.4, 0.5) is 0 Å². The molecule has 0 aliphatic heterocycles. The third kappa shape index (κ3) is 5.33. The van der Waals surface area contributed by atoms with Crippen molar-refractivity contribution in [2.45, 2.75) is 71.5 Å². The van der Waals surface area contributed by atoms with E-state index in [-0.39, 0.29) is 6.54 Å². The first-order valence-electron chi connectivity index (χ1n) is 8.29. The van der Waals surface area contributed by atoms with E-state index >= 15 is 0 Å². The zero-order valence-electron chi connectivity index (χ0n) is 14.9. The number of unbranched alkanes of at least 4 members (excludes halogenated alkanes) is 3. The lowest BCUT2D eigenvalue weighted by atomic mass is 10.0. The highest BCUT2D eigenvalue weighted by molar-refractivity contribution is 5.77. The van der Waals surface area contributed by atoms with Gasteiger partial charge >= 0.3 is 17.9 Å². The minimum atomic E-state index is -1.19. The molecule has 24 heavy (non-hydrogen) atoms. The summed E-state index contributed by atoms with van der Waals surface area (Å²) in [6.45, 7) is 6.30. The Morgan fingerprint density at radius 1 is 0.833 bits per heavy atom. The molecule has 3 unspecified atom stereocenters. The molecule has 0 radical (unpaired) electrons. The van der Waals surface area contributed by atoms with Crippen LogP contribution in [-0.2, 0) is 14.4 Å². The van der Waals surface area contributed by atoms with Crippen LogP contribution in [0.5, 0.6) is 0 Å². The Hall–Kier alpha value is -1.89. The molecule has 0 bridgehead atoms. The molecule has 138 valence electrons. The number of hydrogen-bond acceptors (Lipinski definition) is 3. The van der Waals surface area contributed by atoms with Crippen LogP contribution in [-0.4, -0.2) is 62.4 Å². The maximum absolute atomic E-state index is 11.6. The van der Waals surface area contributed by atoms with E-state index in [9.17, 15) is 29.7 Å². The summed E-state index contributed by atoms with van der Waals surface area (Å²) in [5.74, 6) is -3.57. The molecular weight excluding hydrogens is 314 g/mol. The molecule has 3 N–H and O–H groups in total. The molecule has 3 atom stereocenters. The van der Waals surface area contributed by atoms with E-state index < -0.39 is 40.5 Å². The molecule has 0 spiro atoms. The van der Waals surface area contributed by atoms with Gasteiger partial charge in [-0.3, -0.25) is 4.48 Å². The fourth-order valence-electron chi connectivity index (χ4n) is 3.20. The van der Waals surface area contributed by atoms with Gasteiger partial charge in [-0.05, 0) is 53.4 Å². The highest BCUT2D eigenvalue weighted by Crippen LogP contribution is 2.27. The van der Waals surface area contributed by atoms with Crippen molar-refractivity contribution in [2.24, 2.45) is 0 Å². The van der Waals surface area contributed by atoms with Crippen molar-refractivity contribution in [1.29, 1.82) is 0 Å². The summed E-state index contributed by atoms with van der Waals surface area (Å²) in [7, 11) is 0. The molecule has 0 rings (SSSR count). The van der Waals surface area contributed by atoms with E-state index in [0.29, 0.717) is 6.42 Å². The average molecular weight is 344 g/mol. The summed E-state index contributed by atoms with van der Waals surface area (Å²) in [5, 5.41) is 28.3. The number of carbonyl (C=O) groups is 3. The van der Waals surface area contributed by atoms with E-state index in [4.69, 9.17) is 0 Å². The second-order valence-corrected chi connectivity index (χ2v) is 6.18. The Morgan fingerprint density at radius 2 is 1.25 bits per heavy atom. The standard InChI is InChI=1S/C17H29NO6/c1-5-6-7-8-9-10-11-18(12(2)15(19)20,13(3)16(21)22)14(4)17(23)24/h5-6,12-14H,7-11H2,1-4H3,(H2-,19,20,21,22,23,24)/p+1/b6-5+. The van der Waals surface area contributed by atoms with Crippen LogP contribution in [0, 0.1) is 0 Å². The zero-order chi connectivity index (χ0) is 18.9. The molecule has 0 saturated carbocycles. The maximum atomic E-state index is 11.6. The van der Waals surface area contributed by atoms with Gasteiger partial charge in [0.1, 0.15) is 0 Å². The van der Waals surface area contributed by atoms with Gasteiger partial charge in [0.25, 0.3) is 0 Å². The lowest BCUT2D eigenvalue weighted by Crippen LogP contribution is -2.70. The fraction of sp³-hybridized carbons (Fsp3) is 0.706. The molecule has 0 fully saturated rings. The lowest BCUT2D eigenvalue weighted by Gasteiger charge is -2.47. The fourth-order valence-corrected chi connectivity index (χ4v) is 3.20. The number of hydrogen-bond donors (Lipinski definition) is 3. The second kappa shape index (κ2) is 10.1. The molecule has 7 nitrogen and oxygen atoms in total. The Morgan fingerprint density at radius 3 is 1.58 bits per heavy atom. The maximum Gasteiger partial charge on any atom is 0.362 e. The van der Waals surface area contributed by atoms with Gasteiger partial charge in [-0.1, -0.05) is 12.2 Å². The van der Waals surface area contributed by atoms with Crippen LogP contribution in [0.25, 0.3) is 0 Å². The molecule has 0 aromatic heterocycles. The van der Waals surface area contributed by atoms with E-state index in [1.807, 2.05) is 19.1 Å². The van der Waals surface area contributed by atoms with Crippen LogP contribution >= 0.6 is 0 Å². The number of rotatable bonds is 12. The average Bonchev–Trinajstić information content (AvgIpc) is 2.52. The van der Waals surface area contributed by atoms with Crippen molar-refractivity contribution < 1.29 is 34.2 Å². The van der Waals surface area contributed by atoms with Crippen LogP contribution in [0.2, 0.25) is 0 Å². The number of quaternary nitrogens is 1. The summed E-state index contributed by atoms with van der Waals surface area (Å²) in [6.07, 6.45) is 7.13. The Labute approximate surface area is 143 Å². The van der Waals surface area contributed by atoms with Gasteiger partial charge in [0.2, 0.25) is 0 Å². The molecule has 0 aliphatic rings. The third-order valence-corrected chi connectivity index (χ3v) is 4.89. The van der Waals surface area contributed by atoms with E-state index in [0.717, 1.165) is 19.3 Å². The van der Waals surface area contributed by atoms with E-state index in [2.05, 4.69) is 0 Å². The molecule has 0 amide bonds. The first-order valence-corrected chi connectivity index (χ1v) is 8.29. The molecule has 0 saturated heterocycles. The van der Waals surface area contributed by atoms with Crippen LogP contribution in [0.1, 0.15) is 53.4 Å². The minimum Gasteiger partial charge on any atom is -0.477 e. The van der Waals surface area contributed by atoms with Gasteiger partial charge in [0.05, 0.1) is 6.54 Å². The summed E-state index contributed by atoms with van der Waals surface area (Å²) in [5.41, 5.74) is 0. The predicted octanol–water partition coefficient (Wildman–Crippen LogP) is 2.36. The third-order valence-electron chi connectivity index (χ3n) is 4.89. The van der Waals surface area contributed by atoms with Crippen LogP contribution in [0.15, 0.2) is 12.2 Å². The van der Waals surface area contributed by atoms with Crippen LogP contribution in [0.3, 0.4) is 0 Å². The van der Waals surface area contributed by atoms with Gasteiger partial charge in [-0.15, -0.1) is 0 Å².